The number of amides is 1. The van der Waals surface area contributed by atoms with Gasteiger partial charge in [-0.25, -0.2) is 14.8 Å². The van der Waals surface area contributed by atoms with Crippen molar-refractivity contribution in [2.24, 2.45) is 9.98 Å². The lowest BCUT2D eigenvalue weighted by Crippen LogP contribution is -2.54. The first kappa shape index (κ1) is 24.3. The van der Waals surface area contributed by atoms with Gasteiger partial charge in [0.05, 0.1) is 5.57 Å². The third-order valence-corrected chi connectivity index (χ3v) is 6.56. The zero-order valence-electron chi connectivity index (χ0n) is 20.4. The molecule has 10 heteroatoms. The number of hydrogen-bond acceptors (Lipinski definition) is 8. The van der Waals surface area contributed by atoms with Gasteiger partial charge in [0.2, 0.25) is 11.8 Å². The molecule has 2 atom stereocenters. The van der Waals surface area contributed by atoms with Crippen LogP contribution in [-0.2, 0) is 9.59 Å². The molecule has 3 aliphatic heterocycles. The number of carbonyl (C=O) groups excluding carboxylic acids is 1. The Labute approximate surface area is 214 Å². The van der Waals surface area contributed by atoms with Crippen LogP contribution in [0.25, 0.3) is 0 Å². The highest BCUT2D eigenvalue weighted by molar-refractivity contribution is 6.03. The highest BCUT2D eigenvalue weighted by Crippen LogP contribution is 2.30. The smallest absolute Gasteiger partial charge is 0.327 e. The second-order valence-corrected chi connectivity index (χ2v) is 9.08. The topological polar surface area (TPSA) is 119 Å². The number of aliphatic carboxylic acids is 1. The molecule has 1 saturated heterocycles. The second-order valence-electron chi connectivity index (χ2n) is 9.08. The van der Waals surface area contributed by atoms with Crippen molar-refractivity contribution in [3.05, 3.63) is 83.8 Å². The molecule has 4 aliphatic rings. The summed E-state index contributed by atoms with van der Waals surface area (Å²) in [6.07, 6.45) is 11.1. The van der Waals surface area contributed by atoms with Crippen LogP contribution in [0.5, 0.6) is 5.75 Å². The molecule has 5 rings (SSSR count). The van der Waals surface area contributed by atoms with E-state index in [1.807, 2.05) is 35.1 Å². The number of carboxylic acid groups (broad SMARTS) is 1. The van der Waals surface area contributed by atoms with Gasteiger partial charge in [0.25, 0.3) is 0 Å². The molecule has 0 radical (unpaired) electrons. The van der Waals surface area contributed by atoms with Crippen LogP contribution in [0.15, 0.2) is 93.7 Å². The van der Waals surface area contributed by atoms with Gasteiger partial charge in [-0.2, -0.15) is 0 Å². The fourth-order valence-electron chi connectivity index (χ4n) is 4.63. The fourth-order valence-corrected chi connectivity index (χ4v) is 4.63. The Kier molecular flexibility index (Phi) is 6.74. The summed E-state index contributed by atoms with van der Waals surface area (Å²) >= 11 is 0. The number of aliphatic imine (C=N–C) groups is 2. The van der Waals surface area contributed by atoms with E-state index in [1.54, 1.807) is 24.3 Å². The Morgan fingerprint density at radius 3 is 2.92 bits per heavy atom. The number of anilines is 1. The van der Waals surface area contributed by atoms with Gasteiger partial charge >= 0.3 is 5.97 Å². The number of carbonyl (C=O) groups is 2. The minimum Gasteiger partial charge on any atom is -0.480 e. The van der Waals surface area contributed by atoms with Crippen molar-refractivity contribution in [2.45, 2.75) is 18.6 Å². The lowest BCUT2D eigenvalue weighted by Gasteiger charge is -2.40. The summed E-state index contributed by atoms with van der Waals surface area (Å²) in [5.74, 6) is -0.160. The maximum Gasteiger partial charge on any atom is 0.327 e. The number of ether oxygens (including phenoxy) is 1. The van der Waals surface area contributed by atoms with Gasteiger partial charge in [-0.1, -0.05) is 24.8 Å². The summed E-state index contributed by atoms with van der Waals surface area (Å²) in [7, 11) is 1.95. The van der Waals surface area contributed by atoms with Crippen molar-refractivity contribution in [3.8, 4) is 5.75 Å². The van der Waals surface area contributed by atoms with E-state index < -0.39 is 12.0 Å². The molecule has 190 valence electrons. The minimum absolute atomic E-state index is 0.304. The van der Waals surface area contributed by atoms with Gasteiger partial charge in [0.1, 0.15) is 18.1 Å². The minimum atomic E-state index is -0.811. The van der Waals surface area contributed by atoms with Crippen LogP contribution in [-0.4, -0.2) is 77.9 Å². The van der Waals surface area contributed by atoms with Crippen LogP contribution in [0, 0.1) is 0 Å². The zero-order valence-corrected chi connectivity index (χ0v) is 20.4. The number of likely N-dealkylation sites (N-methyl/N-ethyl adjacent to an activating group) is 1. The van der Waals surface area contributed by atoms with Crippen molar-refractivity contribution < 1.29 is 19.4 Å². The third kappa shape index (κ3) is 5.24. The summed E-state index contributed by atoms with van der Waals surface area (Å²) in [5.41, 5.74) is 4.31. The van der Waals surface area contributed by atoms with E-state index in [4.69, 9.17) is 4.74 Å². The number of benzene rings is 1. The van der Waals surface area contributed by atoms with E-state index in [2.05, 4.69) is 33.3 Å². The normalized spacial score (nSPS) is 24.9. The Bertz CT molecular complexity index is 1320. The van der Waals surface area contributed by atoms with Crippen LogP contribution in [0.3, 0.4) is 0 Å². The summed E-state index contributed by atoms with van der Waals surface area (Å²) in [6.45, 7) is 5.45. The number of piperazine rings is 1. The van der Waals surface area contributed by atoms with Crippen molar-refractivity contribution in [2.75, 3.05) is 32.0 Å². The number of rotatable bonds is 5. The van der Waals surface area contributed by atoms with Crippen LogP contribution < -0.4 is 15.4 Å². The van der Waals surface area contributed by atoms with Crippen molar-refractivity contribution >= 4 is 29.8 Å². The van der Waals surface area contributed by atoms with Gasteiger partial charge < -0.3 is 30.3 Å². The van der Waals surface area contributed by atoms with E-state index in [0.29, 0.717) is 36.8 Å². The molecule has 1 amide bonds. The summed E-state index contributed by atoms with van der Waals surface area (Å²) in [4.78, 5) is 36.2. The van der Waals surface area contributed by atoms with Crippen LogP contribution in [0.2, 0.25) is 0 Å². The van der Waals surface area contributed by atoms with Crippen molar-refractivity contribution in [3.63, 3.8) is 0 Å². The lowest BCUT2D eigenvalue weighted by molar-refractivity contribution is -0.144. The lowest BCUT2D eigenvalue weighted by atomic mass is 10.0. The number of nitrogens with zero attached hydrogens (tertiary/aromatic N) is 4. The molecule has 10 nitrogen and oxygen atoms in total. The maximum atomic E-state index is 11.8. The van der Waals surface area contributed by atoms with Gasteiger partial charge in [0.15, 0.2) is 6.17 Å². The summed E-state index contributed by atoms with van der Waals surface area (Å²) < 4.78 is 6.05. The average Bonchev–Trinajstić information content (AvgIpc) is 3.34. The molecule has 0 aromatic heterocycles. The molecule has 37 heavy (non-hydrogen) atoms. The fraction of sp³-hybridized carbons (Fsp3) is 0.259. The Morgan fingerprint density at radius 2 is 2.16 bits per heavy atom. The first-order valence-corrected chi connectivity index (χ1v) is 12.0. The number of allylic oxidation sites excluding steroid dienone is 5. The SMILES string of the molecule is C=CC(=O)Nc1cccc(OC2=NC=NC3NC(=C4C=CC(N5CCN(C)CC5C(=O)O)=CC4)C=C23)c1. The molecule has 1 aliphatic carbocycles. The van der Waals surface area contributed by atoms with Gasteiger partial charge in [-0.15, -0.1) is 0 Å². The second kappa shape index (κ2) is 10.3. The van der Waals surface area contributed by atoms with Crippen LogP contribution >= 0.6 is 0 Å². The molecule has 0 bridgehead atoms. The molecule has 2 unspecified atom stereocenters. The Morgan fingerprint density at radius 1 is 1.30 bits per heavy atom. The van der Waals surface area contributed by atoms with Crippen molar-refractivity contribution in [1.82, 2.24) is 15.1 Å². The molecule has 3 heterocycles. The number of carboxylic acids is 1. The highest BCUT2D eigenvalue weighted by atomic mass is 16.5. The van der Waals surface area contributed by atoms with Gasteiger partial charge in [-0.3, -0.25) is 4.79 Å². The Hall–Kier alpha value is -4.44. The van der Waals surface area contributed by atoms with E-state index >= 15 is 0 Å². The first-order valence-electron chi connectivity index (χ1n) is 12.0. The quantitative estimate of drug-likeness (QED) is 0.531. The molecule has 0 saturated carbocycles. The predicted molar refractivity (Wildman–Crippen MR) is 141 cm³/mol. The zero-order chi connectivity index (χ0) is 25.9. The molecular weight excluding hydrogens is 472 g/mol. The molecule has 0 spiro atoms. The van der Waals surface area contributed by atoms with E-state index in [9.17, 15) is 14.7 Å². The number of hydrogen-bond donors (Lipinski definition) is 3. The van der Waals surface area contributed by atoms with E-state index in [1.165, 1.54) is 12.4 Å². The van der Waals surface area contributed by atoms with Gasteiger partial charge in [0, 0.05) is 42.8 Å². The molecule has 1 aromatic carbocycles. The standard InChI is InChI=1S/C27H28N6O4/c1-3-24(34)30-18-5-4-6-20(13-18)37-26-21-14-22(31-25(21)28-16-29-26)17-7-9-19(10-8-17)33-12-11-32(2)15-23(33)27(35)36/h3-7,9-10,13-14,16,23,25,31H,1,8,11-12,15H2,2H3,(H,30,34)(H,35,36). The van der Waals surface area contributed by atoms with Gasteiger partial charge in [-0.05, 0) is 49.4 Å². The molecular formula is C27H28N6O4. The van der Waals surface area contributed by atoms with Crippen LogP contribution in [0.4, 0.5) is 5.69 Å². The average molecular weight is 501 g/mol. The monoisotopic (exact) mass is 500 g/mol. The number of nitrogens with one attached hydrogen (secondary N) is 2. The molecule has 3 N–H and O–H groups in total. The molecule has 1 aromatic rings. The van der Waals surface area contributed by atoms with E-state index in [0.717, 1.165) is 29.1 Å². The first-order chi connectivity index (χ1) is 17.9. The predicted octanol–water partition coefficient (Wildman–Crippen LogP) is 2.28. The summed E-state index contributed by atoms with van der Waals surface area (Å²) in [6, 6.07) is 6.48. The largest absolute Gasteiger partial charge is 0.480 e. The van der Waals surface area contributed by atoms with Crippen LogP contribution in [0.1, 0.15) is 6.42 Å². The highest BCUT2D eigenvalue weighted by Gasteiger charge is 2.33. The van der Waals surface area contributed by atoms with E-state index in [-0.39, 0.29) is 12.1 Å². The maximum absolute atomic E-state index is 11.8. The molecule has 1 fully saturated rings. The van der Waals surface area contributed by atoms with Crippen molar-refractivity contribution in [1.29, 1.82) is 0 Å². The Balaban J connectivity index is 1.31. The third-order valence-electron chi connectivity index (χ3n) is 6.56. The number of fused-ring (bicyclic) bond motifs is 1. The summed E-state index contributed by atoms with van der Waals surface area (Å²) in [5, 5.41) is 15.8.